The number of amides is 3. The third-order valence-electron chi connectivity index (χ3n) is 16.6. The summed E-state index contributed by atoms with van der Waals surface area (Å²) in [5.74, 6) is 1.15. The van der Waals surface area contributed by atoms with Gasteiger partial charge in [0.15, 0.2) is 17.2 Å². The standard InChI is InChI=1S/2C24H19Cl2N3O4S.C24H18Cl2N2O3S/c1-14-9-18(6-8-22(14)34(28,31)32)29-13-17(11-23(29)30)15-5-7-19(25)21(10-15)33-24-16(12-27)3-2-4-20(24)26;1-14-9-18(34(28,31)32)6-8-21(14)29-13-17(11-23(29)30)15-5-7-19(25)22(10-15)33-24-16(12-27)3-2-4-20(24)26;1-32(30)19-8-6-18(7-9-19)28-14-17(12-23(28)29)15-5-10-20(25)22(11-15)31-24-16(13-27)3-2-4-21(24)26/h2*2-10,17H,11,13H2,1H3,(H2,28,31,32);2-11,17H,12,14H2,1H3/t2*17-;17-,32?/m000/s1. The lowest BCUT2D eigenvalue weighted by Gasteiger charge is -2.20. The quantitative estimate of drug-likeness (QED) is 0.0965. The van der Waals surface area contributed by atoms with Gasteiger partial charge in [-0.1, -0.05) is 106 Å². The Balaban J connectivity index is 0.000000162. The van der Waals surface area contributed by atoms with Gasteiger partial charge >= 0.3 is 0 Å². The minimum Gasteiger partial charge on any atom is -0.453 e. The molecule has 3 fully saturated rings. The average Bonchev–Trinajstić information content (AvgIpc) is 1.60. The molecule has 1 unspecified atom stereocenters. The number of primary sulfonamides is 2. The van der Waals surface area contributed by atoms with Crippen LogP contribution in [0.25, 0.3) is 0 Å². The zero-order valence-electron chi connectivity index (χ0n) is 53.0. The summed E-state index contributed by atoms with van der Waals surface area (Å²) in [5.41, 5.74) is 6.50. The highest BCUT2D eigenvalue weighted by Crippen LogP contribution is 2.44. The van der Waals surface area contributed by atoms with Crippen molar-refractivity contribution < 1.29 is 49.6 Å². The van der Waals surface area contributed by atoms with Gasteiger partial charge in [0, 0.05) is 95.7 Å². The number of aryl methyl sites for hydroxylation is 2. The molecule has 4 N–H and O–H groups in total. The van der Waals surface area contributed by atoms with Crippen LogP contribution >= 0.6 is 69.6 Å². The van der Waals surface area contributed by atoms with E-state index in [1.54, 1.807) is 156 Å². The number of halogens is 6. The van der Waals surface area contributed by atoms with Crippen molar-refractivity contribution in [1.29, 1.82) is 15.8 Å². The van der Waals surface area contributed by atoms with Gasteiger partial charge < -0.3 is 28.9 Å². The maximum Gasteiger partial charge on any atom is 0.238 e. The van der Waals surface area contributed by atoms with E-state index in [-0.39, 0.29) is 96.5 Å². The molecule has 3 aliphatic rings. The first-order chi connectivity index (χ1) is 47.5. The fraction of sp³-hybridized carbons (Fsp3) is 0.167. The lowest BCUT2D eigenvalue weighted by Crippen LogP contribution is -2.25. The van der Waals surface area contributed by atoms with E-state index in [2.05, 4.69) is 6.07 Å². The number of carbonyl (C=O) groups excluding carboxylic acids is 3. The van der Waals surface area contributed by atoms with Gasteiger partial charge in [0.2, 0.25) is 37.8 Å². The third kappa shape index (κ3) is 16.9. The van der Waals surface area contributed by atoms with Crippen molar-refractivity contribution in [3.8, 4) is 52.7 Å². The Labute approximate surface area is 609 Å². The van der Waals surface area contributed by atoms with Crippen LogP contribution in [0.3, 0.4) is 0 Å². The minimum absolute atomic E-state index is 0.00671. The van der Waals surface area contributed by atoms with Gasteiger partial charge in [-0.05, 0) is 175 Å². The van der Waals surface area contributed by atoms with Crippen LogP contribution in [0.5, 0.6) is 34.5 Å². The van der Waals surface area contributed by atoms with Crippen LogP contribution in [-0.2, 0) is 45.2 Å². The van der Waals surface area contributed by atoms with Crippen LogP contribution < -0.4 is 39.2 Å². The van der Waals surface area contributed by atoms with Crippen LogP contribution in [-0.4, -0.2) is 64.7 Å². The first kappa shape index (κ1) is 73.7. The van der Waals surface area contributed by atoms with Crippen molar-refractivity contribution in [2.45, 2.75) is 65.6 Å². The maximum atomic E-state index is 12.8. The topological polar surface area (TPSA) is 297 Å². The summed E-state index contributed by atoms with van der Waals surface area (Å²) in [7, 11) is -8.75. The van der Waals surface area contributed by atoms with Crippen molar-refractivity contribution in [2.24, 2.45) is 10.3 Å². The number of nitriles is 3. The number of hydrogen-bond donors (Lipinski definition) is 2. The Hall–Kier alpha value is -9.03. The second-order valence-corrected chi connectivity index (χ2v) is 30.1. The fourth-order valence-electron chi connectivity index (χ4n) is 11.6. The van der Waals surface area contributed by atoms with Gasteiger partial charge in [-0.15, -0.1) is 0 Å². The molecule has 510 valence electrons. The van der Waals surface area contributed by atoms with Crippen LogP contribution in [0.1, 0.15) is 81.5 Å². The summed E-state index contributed by atoms with van der Waals surface area (Å²) < 4.78 is 76.0. The monoisotopic (exact) mass is 1510 g/mol. The summed E-state index contributed by atoms with van der Waals surface area (Å²) in [5, 5.41) is 40.4. The van der Waals surface area contributed by atoms with Crippen LogP contribution in [0.15, 0.2) is 185 Å². The summed E-state index contributed by atoms with van der Waals surface area (Å²) in [6.07, 6.45) is 2.48. The number of rotatable bonds is 15. The third-order valence-corrected chi connectivity index (χ3v) is 21.3. The molecule has 28 heteroatoms. The SMILES string of the molecule is CS(=O)c1ccc(N2C[C@@H](c3ccc(Cl)c(Oc4c(Cl)cccc4C#N)c3)CC2=O)cc1.Cc1cc(N2C[C@@H](c3ccc(Cl)c(Oc4c(Cl)cccc4C#N)c3)CC2=O)ccc1S(N)(=O)=O.Cc1cc(S(N)(=O)=O)ccc1N1C[C@@H](c2ccc(Cl)c(Oc3c(Cl)cccc3C#N)c2)CC1=O. The summed E-state index contributed by atoms with van der Waals surface area (Å²) in [6, 6.07) is 52.9. The average molecular weight is 1520 g/mol. The molecule has 0 radical (unpaired) electrons. The molecule has 3 amide bonds. The molecule has 0 bridgehead atoms. The number of nitrogens with zero attached hydrogens (tertiary/aromatic N) is 6. The predicted octanol–water partition coefficient (Wildman–Crippen LogP) is 16.2. The highest BCUT2D eigenvalue weighted by atomic mass is 35.5. The van der Waals surface area contributed by atoms with Gasteiger partial charge in [0.25, 0.3) is 0 Å². The van der Waals surface area contributed by atoms with E-state index in [0.29, 0.717) is 96.4 Å². The minimum atomic E-state index is -3.84. The largest absolute Gasteiger partial charge is 0.453 e. The molecule has 12 rings (SSSR count). The molecule has 3 saturated heterocycles. The lowest BCUT2D eigenvalue weighted by molar-refractivity contribution is -0.118. The molecule has 0 saturated carbocycles. The lowest BCUT2D eigenvalue weighted by atomic mass is 9.98. The van der Waals surface area contributed by atoms with Gasteiger partial charge in [-0.25, -0.2) is 27.1 Å². The summed E-state index contributed by atoms with van der Waals surface area (Å²) in [6.45, 7) is 4.65. The molecular weight excluding hydrogens is 1460 g/mol. The van der Waals surface area contributed by atoms with Gasteiger partial charge in [-0.3, -0.25) is 18.6 Å². The van der Waals surface area contributed by atoms with Crippen molar-refractivity contribution in [2.75, 3.05) is 40.6 Å². The second-order valence-electron chi connectivity index (χ2n) is 23.2. The van der Waals surface area contributed by atoms with Gasteiger partial charge in [0.05, 0.1) is 56.6 Å². The van der Waals surface area contributed by atoms with E-state index in [9.17, 15) is 51.2 Å². The number of carbonyl (C=O) groups is 3. The van der Waals surface area contributed by atoms with E-state index in [1.165, 1.54) is 18.2 Å². The predicted molar refractivity (Wildman–Crippen MR) is 386 cm³/mol. The molecule has 9 aromatic rings. The summed E-state index contributed by atoms with van der Waals surface area (Å²) in [4.78, 5) is 44.0. The maximum absolute atomic E-state index is 12.8. The normalized spacial score (nSPS) is 16.1. The van der Waals surface area contributed by atoms with Crippen LogP contribution in [0.2, 0.25) is 30.1 Å². The van der Waals surface area contributed by atoms with Crippen molar-refractivity contribution in [3.05, 3.63) is 245 Å². The number of ether oxygens (including phenoxy) is 3. The van der Waals surface area contributed by atoms with Crippen molar-refractivity contribution in [1.82, 2.24) is 0 Å². The highest BCUT2D eigenvalue weighted by molar-refractivity contribution is 7.89. The summed E-state index contributed by atoms with van der Waals surface area (Å²) >= 11 is 37.7. The zero-order valence-corrected chi connectivity index (χ0v) is 59.9. The Kier molecular flexibility index (Phi) is 23.0. The number of benzene rings is 9. The van der Waals surface area contributed by atoms with Crippen LogP contribution in [0.4, 0.5) is 17.1 Å². The highest BCUT2D eigenvalue weighted by Gasteiger charge is 2.36. The number of sulfonamides is 2. The van der Waals surface area contributed by atoms with E-state index in [4.69, 9.17) is 94.1 Å². The molecule has 0 spiro atoms. The number of para-hydroxylation sites is 3. The van der Waals surface area contributed by atoms with Crippen molar-refractivity contribution in [3.63, 3.8) is 0 Å². The number of anilines is 3. The molecular formula is C72H56Cl6N8O11S3. The molecule has 0 aromatic heterocycles. The van der Waals surface area contributed by atoms with E-state index >= 15 is 0 Å². The van der Waals surface area contributed by atoms with Gasteiger partial charge in [0.1, 0.15) is 35.5 Å². The fourth-order valence-corrected chi connectivity index (χ4v) is 14.5. The molecule has 3 heterocycles. The van der Waals surface area contributed by atoms with Crippen molar-refractivity contribution >= 4 is 135 Å². The Bertz CT molecular complexity index is 5170. The molecule has 19 nitrogen and oxygen atoms in total. The number of nitrogens with two attached hydrogens (primary N) is 2. The zero-order chi connectivity index (χ0) is 72.1. The van der Waals surface area contributed by atoms with E-state index in [0.717, 1.165) is 22.4 Å². The van der Waals surface area contributed by atoms with E-state index < -0.39 is 30.8 Å². The smallest absolute Gasteiger partial charge is 0.238 e. The molecule has 3 aliphatic heterocycles. The van der Waals surface area contributed by atoms with Gasteiger partial charge in [-0.2, -0.15) is 15.8 Å². The molecule has 9 aromatic carbocycles. The molecule has 100 heavy (non-hydrogen) atoms. The molecule has 0 aliphatic carbocycles. The Morgan fingerprint density at radius 1 is 0.450 bits per heavy atom. The number of hydrogen-bond acceptors (Lipinski definition) is 14. The molecule has 4 atom stereocenters. The Morgan fingerprint density at radius 3 is 1.19 bits per heavy atom. The second kappa shape index (κ2) is 31.2. The van der Waals surface area contributed by atoms with Crippen LogP contribution in [0, 0.1) is 47.8 Å². The Morgan fingerprint density at radius 2 is 0.830 bits per heavy atom. The first-order valence-corrected chi connectivity index (χ1v) is 37.0. The first-order valence-electron chi connectivity index (χ1n) is 30.1. The van der Waals surface area contributed by atoms with E-state index in [1.807, 2.05) is 42.5 Å².